The van der Waals surface area contributed by atoms with Crippen LogP contribution in [0.3, 0.4) is 0 Å². The predicted molar refractivity (Wildman–Crippen MR) is 59.0 cm³/mol. The summed E-state index contributed by atoms with van der Waals surface area (Å²) in [5.74, 6) is 0. The summed E-state index contributed by atoms with van der Waals surface area (Å²) in [5, 5.41) is 13.3. The van der Waals surface area contributed by atoms with Crippen LogP contribution in [0.4, 0.5) is 0 Å². The maximum atomic E-state index is 4.10. The highest BCUT2D eigenvalue weighted by molar-refractivity contribution is 7.13. The van der Waals surface area contributed by atoms with Crippen molar-refractivity contribution in [1.29, 1.82) is 0 Å². The fourth-order valence-electron chi connectivity index (χ4n) is 1.08. The van der Waals surface area contributed by atoms with Gasteiger partial charge in [-0.2, -0.15) is 0 Å². The van der Waals surface area contributed by atoms with Crippen LogP contribution >= 0.6 is 11.3 Å². The lowest BCUT2D eigenvalue weighted by Crippen LogP contribution is -2.21. The monoisotopic (exact) mass is 223 g/mol. The Morgan fingerprint density at radius 2 is 2.33 bits per heavy atom. The first-order chi connectivity index (χ1) is 7.25. The molecule has 80 valence electrons. The first-order valence-corrected chi connectivity index (χ1v) is 5.61. The van der Waals surface area contributed by atoms with Crippen LogP contribution in [0, 0.1) is 0 Å². The Morgan fingerprint density at radius 1 is 1.47 bits per heavy atom. The van der Waals surface area contributed by atoms with E-state index in [2.05, 4.69) is 34.3 Å². The molecule has 0 bridgehead atoms. The summed E-state index contributed by atoms with van der Waals surface area (Å²) in [6, 6.07) is 0.464. The van der Waals surface area contributed by atoms with E-state index in [4.69, 9.17) is 0 Å². The zero-order valence-electron chi connectivity index (χ0n) is 8.71. The Morgan fingerprint density at radius 3 is 3.00 bits per heavy atom. The van der Waals surface area contributed by atoms with Crippen molar-refractivity contribution < 1.29 is 0 Å². The fraction of sp³-hybridized carbons (Fsp3) is 0.444. The van der Waals surface area contributed by atoms with E-state index in [9.17, 15) is 0 Å². The minimum absolute atomic E-state index is 0.464. The van der Waals surface area contributed by atoms with Crippen LogP contribution in [-0.2, 0) is 6.54 Å². The van der Waals surface area contributed by atoms with Gasteiger partial charge in [0.2, 0.25) is 5.13 Å². The van der Waals surface area contributed by atoms with Gasteiger partial charge < -0.3 is 5.32 Å². The molecule has 0 unspecified atom stereocenters. The van der Waals surface area contributed by atoms with Crippen molar-refractivity contribution in [2.75, 3.05) is 0 Å². The molecule has 0 radical (unpaired) electrons. The molecular formula is C9H13N5S. The number of imidazole rings is 1. The molecule has 5 nitrogen and oxygen atoms in total. The Labute approximate surface area is 92.2 Å². The molecule has 2 aromatic heterocycles. The molecule has 0 aliphatic heterocycles. The molecule has 0 spiro atoms. The zero-order chi connectivity index (χ0) is 10.7. The molecule has 1 N–H and O–H groups in total. The number of nitrogens with zero attached hydrogens (tertiary/aromatic N) is 4. The third-order valence-electron chi connectivity index (χ3n) is 1.84. The van der Waals surface area contributed by atoms with Crippen molar-refractivity contribution in [3.8, 4) is 5.13 Å². The molecule has 0 saturated carbocycles. The van der Waals surface area contributed by atoms with Crippen LogP contribution in [-0.4, -0.2) is 25.8 Å². The SMILES string of the molecule is CC(C)NCc1nnc(-n2ccnc2)s1. The van der Waals surface area contributed by atoms with Crippen LogP contribution in [0.1, 0.15) is 18.9 Å². The third kappa shape index (κ3) is 2.60. The van der Waals surface area contributed by atoms with Gasteiger partial charge in [-0.3, -0.25) is 4.57 Å². The van der Waals surface area contributed by atoms with Crippen LogP contribution in [0.5, 0.6) is 0 Å². The Bertz CT molecular complexity index is 406. The lowest BCUT2D eigenvalue weighted by Gasteiger charge is -2.03. The van der Waals surface area contributed by atoms with E-state index in [1.165, 1.54) is 0 Å². The second-order valence-electron chi connectivity index (χ2n) is 3.48. The molecule has 0 fully saturated rings. The van der Waals surface area contributed by atoms with Crippen LogP contribution in [0.15, 0.2) is 18.7 Å². The minimum atomic E-state index is 0.464. The summed E-state index contributed by atoms with van der Waals surface area (Å²) in [5.41, 5.74) is 0. The molecule has 6 heteroatoms. The van der Waals surface area contributed by atoms with Gasteiger partial charge in [0.25, 0.3) is 0 Å². The molecule has 0 atom stereocenters. The zero-order valence-corrected chi connectivity index (χ0v) is 9.53. The lowest BCUT2D eigenvalue weighted by atomic mass is 10.4. The van der Waals surface area contributed by atoms with Crippen molar-refractivity contribution in [3.63, 3.8) is 0 Å². The second-order valence-corrected chi connectivity index (χ2v) is 4.52. The van der Waals surface area contributed by atoms with E-state index >= 15 is 0 Å². The highest BCUT2D eigenvalue weighted by atomic mass is 32.1. The van der Waals surface area contributed by atoms with Crippen molar-refractivity contribution in [2.45, 2.75) is 26.4 Å². The summed E-state index contributed by atoms with van der Waals surface area (Å²) >= 11 is 1.57. The van der Waals surface area contributed by atoms with E-state index in [-0.39, 0.29) is 0 Å². The topological polar surface area (TPSA) is 55.6 Å². The average molecular weight is 223 g/mol. The molecule has 0 aromatic carbocycles. The Kier molecular flexibility index (Phi) is 3.08. The van der Waals surface area contributed by atoms with E-state index in [1.54, 1.807) is 23.9 Å². The number of hydrogen-bond donors (Lipinski definition) is 1. The fourth-order valence-corrected chi connectivity index (χ4v) is 1.83. The number of hydrogen-bond acceptors (Lipinski definition) is 5. The normalized spacial score (nSPS) is 11.1. The average Bonchev–Trinajstić information content (AvgIpc) is 2.85. The number of nitrogens with one attached hydrogen (secondary N) is 1. The molecule has 0 amide bonds. The second kappa shape index (κ2) is 4.50. The smallest absolute Gasteiger partial charge is 0.217 e. The van der Waals surface area contributed by atoms with Gasteiger partial charge in [-0.05, 0) is 0 Å². The van der Waals surface area contributed by atoms with E-state index < -0.39 is 0 Å². The van der Waals surface area contributed by atoms with Crippen molar-refractivity contribution >= 4 is 11.3 Å². The molecule has 0 aliphatic rings. The van der Waals surface area contributed by atoms with E-state index in [1.807, 2.05) is 10.8 Å². The van der Waals surface area contributed by atoms with Gasteiger partial charge in [0.15, 0.2) is 0 Å². The summed E-state index contributed by atoms with van der Waals surface area (Å²) in [4.78, 5) is 3.97. The quantitative estimate of drug-likeness (QED) is 0.846. The van der Waals surface area contributed by atoms with Gasteiger partial charge in [0.05, 0.1) is 0 Å². The highest BCUT2D eigenvalue weighted by Gasteiger charge is 2.05. The van der Waals surface area contributed by atoms with E-state index in [0.29, 0.717) is 6.04 Å². The van der Waals surface area contributed by atoms with Gasteiger partial charge in [0, 0.05) is 25.0 Å². The molecule has 2 aromatic rings. The van der Waals surface area contributed by atoms with Gasteiger partial charge in [-0.25, -0.2) is 4.98 Å². The van der Waals surface area contributed by atoms with Crippen molar-refractivity contribution in [1.82, 2.24) is 25.1 Å². The van der Waals surface area contributed by atoms with Crippen LogP contribution < -0.4 is 5.32 Å². The van der Waals surface area contributed by atoms with Gasteiger partial charge >= 0.3 is 0 Å². The number of rotatable bonds is 4. The first-order valence-electron chi connectivity index (χ1n) is 4.80. The van der Waals surface area contributed by atoms with Gasteiger partial charge in [-0.15, -0.1) is 10.2 Å². The third-order valence-corrected chi connectivity index (χ3v) is 2.78. The summed E-state index contributed by atoms with van der Waals surface area (Å²) < 4.78 is 1.86. The van der Waals surface area contributed by atoms with Gasteiger partial charge in [0.1, 0.15) is 11.3 Å². The molecule has 15 heavy (non-hydrogen) atoms. The molecule has 0 saturated heterocycles. The van der Waals surface area contributed by atoms with Crippen LogP contribution in [0.2, 0.25) is 0 Å². The van der Waals surface area contributed by atoms with Crippen LogP contribution in [0.25, 0.3) is 5.13 Å². The highest BCUT2D eigenvalue weighted by Crippen LogP contribution is 2.13. The lowest BCUT2D eigenvalue weighted by molar-refractivity contribution is 0.584. The summed E-state index contributed by atoms with van der Waals surface area (Å²) in [7, 11) is 0. The Balaban J connectivity index is 2.04. The van der Waals surface area contributed by atoms with Crippen molar-refractivity contribution in [3.05, 3.63) is 23.7 Å². The van der Waals surface area contributed by atoms with Crippen molar-refractivity contribution in [2.24, 2.45) is 0 Å². The van der Waals surface area contributed by atoms with Gasteiger partial charge in [-0.1, -0.05) is 25.2 Å². The number of aromatic nitrogens is 4. The molecule has 2 heterocycles. The summed E-state index contributed by atoms with van der Waals surface area (Å²) in [6.45, 7) is 4.99. The largest absolute Gasteiger partial charge is 0.308 e. The Hall–Kier alpha value is -1.27. The minimum Gasteiger partial charge on any atom is -0.308 e. The molecular weight excluding hydrogens is 210 g/mol. The van der Waals surface area contributed by atoms with E-state index in [0.717, 1.165) is 16.7 Å². The maximum absolute atomic E-state index is 4.10. The molecule has 2 rings (SSSR count). The predicted octanol–water partition coefficient (Wildman–Crippen LogP) is 1.22. The maximum Gasteiger partial charge on any atom is 0.217 e. The molecule has 0 aliphatic carbocycles. The first kappa shape index (κ1) is 10.3. The summed E-state index contributed by atoms with van der Waals surface area (Å²) in [6.07, 6.45) is 5.31. The standard InChI is InChI=1S/C9H13N5S/c1-7(2)11-5-8-12-13-9(15-8)14-4-3-10-6-14/h3-4,6-7,11H,5H2,1-2H3.